The predicted molar refractivity (Wildman–Crippen MR) is 64.7 cm³/mol. The smallest absolute Gasteiger partial charge is 0.203 e. The van der Waals surface area contributed by atoms with Crippen LogP contribution in [0.3, 0.4) is 0 Å². The zero-order chi connectivity index (χ0) is 11.4. The maximum Gasteiger partial charge on any atom is 0.203 e. The summed E-state index contributed by atoms with van der Waals surface area (Å²) >= 11 is 0. The number of anilines is 1. The van der Waals surface area contributed by atoms with Crippen molar-refractivity contribution < 1.29 is 4.74 Å². The van der Waals surface area contributed by atoms with E-state index in [1.54, 1.807) is 0 Å². The number of nitrogens with zero attached hydrogens (tertiary/aromatic N) is 2. The summed E-state index contributed by atoms with van der Waals surface area (Å²) in [7, 11) is 0. The normalized spacial score (nSPS) is 20.2. The van der Waals surface area contributed by atoms with Gasteiger partial charge < -0.3 is 14.6 Å². The second kappa shape index (κ2) is 5.34. The highest BCUT2D eigenvalue weighted by atomic mass is 16.5. The molecule has 0 saturated carbocycles. The van der Waals surface area contributed by atoms with E-state index in [1.807, 2.05) is 6.92 Å². The van der Waals surface area contributed by atoms with Crippen LogP contribution in [-0.2, 0) is 11.3 Å². The molecule has 1 unspecified atom stereocenters. The summed E-state index contributed by atoms with van der Waals surface area (Å²) in [6.45, 7) is 8.03. The van der Waals surface area contributed by atoms with E-state index in [9.17, 15) is 0 Å². The molecule has 4 nitrogen and oxygen atoms in total. The van der Waals surface area contributed by atoms with Crippen LogP contribution < -0.4 is 5.32 Å². The van der Waals surface area contributed by atoms with Crippen molar-refractivity contribution in [3.8, 4) is 0 Å². The topological polar surface area (TPSA) is 39.1 Å². The van der Waals surface area contributed by atoms with Crippen molar-refractivity contribution >= 4 is 5.95 Å². The lowest BCUT2D eigenvalue weighted by Gasteiger charge is -2.11. The van der Waals surface area contributed by atoms with Gasteiger partial charge >= 0.3 is 0 Å². The van der Waals surface area contributed by atoms with Gasteiger partial charge in [0, 0.05) is 31.8 Å². The quantitative estimate of drug-likeness (QED) is 0.830. The van der Waals surface area contributed by atoms with Crippen molar-refractivity contribution in [3.63, 3.8) is 0 Å². The van der Waals surface area contributed by atoms with Crippen LogP contribution in [0, 0.1) is 12.8 Å². The fourth-order valence-electron chi connectivity index (χ4n) is 2.08. The average Bonchev–Trinajstić information content (AvgIpc) is 2.86. The maximum absolute atomic E-state index is 5.36. The Morgan fingerprint density at radius 3 is 3.19 bits per heavy atom. The number of imidazole rings is 1. The fourth-order valence-corrected chi connectivity index (χ4v) is 2.08. The van der Waals surface area contributed by atoms with Gasteiger partial charge in [-0.3, -0.25) is 0 Å². The van der Waals surface area contributed by atoms with Gasteiger partial charge in [0.2, 0.25) is 5.95 Å². The Morgan fingerprint density at radius 1 is 1.62 bits per heavy atom. The van der Waals surface area contributed by atoms with Crippen LogP contribution in [0.25, 0.3) is 0 Å². The van der Waals surface area contributed by atoms with Crippen LogP contribution in [0.4, 0.5) is 5.95 Å². The van der Waals surface area contributed by atoms with Gasteiger partial charge in [0.25, 0.3) is 0 Å². The lowest BCUT2D eigenvalue weighted by atomic mass is 10.1. The molecule has 1 aromatic heterocycles. The standard InChI is InChI=1S/C12H21N3O/c1-3-5-15-8-10(2)14-12(15)13-7-11-4-6-16-9-11/h8,11H,3-7,9H2,1-2H3,(H,13,14). The second-order valence-corrected chi connectivity index (χ2v) is 4.51. The molecule has 16 heavy (non-hydrogen) atoms. The summed E-state index contributed by atoms with van der Waals surface area (Å²) in [5.41, 5.74) is 1.08. The molecular weight excluding hydrogens is 202 g/mol. The van der Waals surface area contributed by atoms with Crippen LogP contribution >= 0.6 is 0 Å². The Labute approximate surface area is 97.0 Å². The molecule has 0 spiro atoms. The summed E-state index contributed by atoms with van der Waals surface area (Å²) in [4.78, 5) is 4.50. The SMILES string of the molecule is CCCn1cc(C)nc1NCC1CCOC1. The minimum Gasteiger partial charge on any atom is -0.381 e. The Balaban J connectivity index is 1.91. The van der Waals surface area contributed by atoms with E-state index >= 15 is 0 Å². The van der Waals surface area contributed by atoms with Gasteiger partial charge in [0.05, 0.1) is 12.3 Å². The third kappa shape index (κ3) is 2.76. The lowest BCUT2D eigenvalue weighted by molar-refractivity contribution is 0.187. The molecule has 1 aromatic rings. The zero-order valence-corrected chi connectivity index (χ0v) is 10.2. The van der Waals surface area contributed by atoms with Crippen molar-refractivity contribution in [1.82, 2.24) is 9.55 Å². The first-order valence-electron chi connectivity index (χ1n) is 6.15. The predicted octanol–water partition coefficient (Wildman–Crippen LogP) is 2.05. The Hall–Kier alpha value is -1.03. The van der Waals surface area contributed by atoms with E-state index in [4.69, 9.17) is 4.74 Å². The number of nitrogens with one attached hydrogen (secondary N) is 1. The number of hydrogen-bond donors (Lipinski definition) is 1. The first kappa shape index (κ1) is 11.5. The molecule has 0 aromatic carbocycles. The highest BCUT2D eigenvalue weighted by Crippen LogP contribution is 2.14. The third-order valence-electron chi connectivity index (χ3n) is 2.93. The molecule has 0 radical (unpaired) electrons. The van der Waals surface area contributed by atoms with E-state index in [-0.39, 0.29) is 0 Å². The maximum atomic E-state index is 5.36. The first-order chi connectivity index (χ1) is 7.79. The molecule has 0 aliphatic carbocycles. The van der Waals surface area contributed by atoms with Crippen molar-refractivity contribution in [1.29, 1.82) is 0 Å². The Bertz CT molecular complexity index is 329. The van der Waals surface area contributed by atoms with Gasteiger partial charge in [-0.25, -0.2) is 4.98 Å². The van der Waals surface area contributed by atoms with E-state index in [1.165, 1.54) is 6.42 Å². The highest BCUT2D eigenvalue weighted by molar-refractivity contribution is 5.28. The molecule has 0 amide bonds. The molecule has 1 aliphatic heterocycles. The number of aromatic nitrogens is 2. The van der Waals surface area contributed by atoms with Gasteiger partial charge in [-0.2, -0.15) is 0 Å². The molecular formula is C12H21N3O. The molecule has 90 valence electrons. The third-order valence-corrected chi connectivity index (χ3v) is 2.93. The summed E-state index contributed by atoms with van der Waals surface area (Å²) in [6.07, 6.45) is 4.41. The largest absolute Gasteiger partial charge is 0.381 e. The summed E-state index contributed by atoms with van der Waals surface area (Å²) < 4.78 is 7.56. The van der Waals surface area contributed by atoms with Gasteiger partial charge in [0.1, 0.15) is 0 Å². The number of rotatable bonds is 5. The van der Waals surface area contributed by atoms with Gasteiger partial charge in [-0.15, -0.1) is 0 Å². The lowest BCUT2D eigenvalue weighted by Crippen LogP contribution is -2.16. The number of aryl methyl sites for hydroxylation is 2. The zero-order valence-electron chi connectivity index (χ0n) is 10.2. The summed E-state index contributed by atoms with van der Waals surface area (Å²) in [5, 5.41) is 3.43. The van der Waals surface area contributed by atoms with Gasteiger partial charge in [-0.05, 0) is 19.8 Å². The molecule has 1 fully saturated rings. The number of ether oxygens (including phenoxy) is 1. The van der Waals surface area contributed by atoms with Crippen LogP contribution in [0.15, 0.2) is 6.20 Å². The van der Waals surface area contributed by atoms with Gasteiger partial charge in [0.15, 0.2) is 0 Å². The van der Waals surface area contributed by atoms with Crippen LogP contribution in [0.2, 0.25) is 0 Å². The van der Waals surface area contributed by atoms with Crippen LogP contribution in [0.1, 0.15) is 25.5 Å². The van der Waals surface area contributed by atoms with Crippen molar-refractivity contribution in [2.75, 3.05) is 25.1 Å². The molecule has 4 heteroatoms. The molecule has 1 aliphatic rings. The van der Waals surface area contributed by atoms with E-state index in [2.05, 4.69) is 28.0 Å². The van der Waals surface area contributed by atoms with E-state index in [0.717, 1.165) is 44.4 Å². The number of hydrogen-bond acceptors (Lipinski definition) is 3. The van der Waals surface area contributed by atoms with Crippen LogP contribution in [-0.4, -0.2) is 29.3 Å². The van der Waals surface area contributed by atoms with Crippen LogP contribution in [0.5, 0.6) is 0 Å². The Morgan fingerprint density at radius 2 is 2.50 bits per heavy atom. The molecule has 1 N–H and O–H groups in total. The highest BCUT2D eigenvalue weighted by Gasteiger charge is 2.16. The van der Waals surface area contributed by atoms with Gasteiger partial charge in [-0.1, -0.05) is 6.92 Å². The average molecular weight is 223 g/mol. The molecule has 1 atom stereocenters. The monoisotopic (exact) mass is 223 g/mol. The Kier molecular flexibility index (Phi) is 3.83. The van der Waals surface area contributed by atoms with Crippen molar-refractivity contribution in [3.05, 3.63) is 11.9 Å². The minimum absolute atomic E-state index is 0.645. The second-order valence-electron chi connectivity index (χ2n) is 4.51. The van der Waals surface area contributed by atoms with E-state index < -0.39 is 0 Å². The summed E-state index contributed by atoms with van der Waals surface area (Å²) in [5.74, 6) is 1.65. The fraction of sp³-hybridized carbons (Fsp3) is 0.750. The molecule has 2 rings (SSSR count). The molecule has 0 bridgehead atoms. The molecule has 1 saturated heterocycles. The molecule has 2 heterocycles. The summed E-state index contributed by atoms with van der Waals surface area (Å²) in [6, 6.07) is 0. The first-order valence-corrected chi connectivity index (χ1v) is 6.15. The van der Waals surface area contributed by atoms with Crippen molar-refractivity contribution in [2.24, 2.45) is 5.92 Å². The minimum atomic E-state index is 0.645. The van der Waals surface area contributed by atoms with E-state index in [0.29, 0.717) is 5.92 Å². The van der Waals surface area contributed by atoms with Crippen molar-refractivity contribution in [2.45, 2.75) is 33.2 Å².